The van der Waals surface area contributed by atoms with Gasteiger partial charge in [-0.25, -0.2) is 8.78 Å². The van der Waals surface area contributed by atoms with Gasteiger partial charge in [0.25, 0.3) is 5.91 Å². The van der Waals surface area contributed by atoms with Gasteiger partial charge in [-0.2, -0.15) is 0 Å². The first-order chi connectivity index (χ1) is 9.54. The van der Waals surface area contributed by atoms with Crippen molar-refractivity contribution in [3.63, 3.8) is 0 Å². The van der Waals surface area contributed by atoms with Crippen molar-refractivity contribution < 1.29 is 13.6 Å². The molecule has 20 heavy (non-hydrogen) atoms. The monoisotopic (exact) mass is 282 g/mol. The number of benzene rings is 1. The number of halogens is 2. The summed E-state index contributed by atoms with van der Waals surface area (Å²) in [5.74, 6) is -2.19. The summed E-state index contributed by atoms with van der Waals surface area (Å²) >= 11 is 0. The Bertz CT molecular complexity index is 493. The highest BCUT2D eigenvalue weighted by Crippen LogP contribution is 2.23. The maximum absolute atomic E-state index is 13.2. The van der Waals surface area contributed by atoms with Gasteiger partial charge in [-0.3, -0.25) is 4.79 Å². The number of hydrogen-bond acceptors (Lipinski definition) is 2. The molecular formula is C15H20F2N2O. The molecule has 1 aliphatic rings. The number of amides is 1. The topological polar surface area (TPSA) is 32.3 Å². The molecule has 1 amide bonds. The lowest BCUT2D eigenvalue weighted by molar-refractivity contribution is 0.0654. The Morgan fingerprint density at radius 2 is 1.95 bits per heavy atom. The molecule has 2 atom stereocenters. The van der Waals surface area contributed by atoms with Crippen molar-refractivity contribution in [2.75, 3.05) is 14.1 Å². The highest BCUT2D eigenvalue weighted by Gasteiger charge is 2.30. The van der Waals surface area contributed by atoms with Gasteiger partial charge >= 0.3 is 0 Å². The van der Waals surface area contributed by atoms with E-state index in [0.717, 1.165) is 37.8 Å². The molecule has 1 saturated carbocycles. The summed E-state index contributed by atoms with van der Waals surface area (Å²) < 4.78 is 26.2. The van der Waals surface area contributed by atoms with Crippen LogP contribution in [0.3, 0.4) is 0 Å². The average molecular weight is 282 g/mol. The van der Waals surface area contributed by atoms with E-state index >= 15 is 0 Å². The van der Waals surface area contributed by atoms with Crippen LogP contribution in [0, 0.1) is 11.6 Å². The maximum Gasteiger partial charge on any atom is 0.254 e. The summed E-state index contributed by atoms with van der Waals surface area (Å²) in [6, 6.07) is 3.63. The molecule has 1 fully saturated rings. The van der Waals surface area contributed by atoms with Crippen molar-refractivity contribution >= 4 is 5.91 Å². The second-order valence-corrected chi connectivity index (χ2v) is 5.29. The molecule has 0 aromatic heterocycles. The summed E-state index contributed by atoms with van der Waals surface area (Å²) in [6.07, 6.45) is 4.18. The number of carbonyl (C=O) groups excluding carboxylic acids is 1. The van der Waals surface area contributed by atoms with Gasteiger partial charge in [-0.05, 0) is 38.1 Å². The van der Waals surface area contributed by atoms with Crippen LogP contribution in [0.2, 0.25) is 0 Å². The molecule has 0 aliphatic heterocycles. The Balaban J connectivity index is 2.16. The summed E-state index contributed by atoms with van der Waals surface area (Å²) in [4.78, 5) is 14.0. The van der Waals surface area contributed by atoms with Crippen LogP contribution >= 0.6 is 0 Å². The minimum absolute atomic E-state index is 0.0920. The molecular weight excluding hydrogens is 262 g/mol. The quantitative estimate of drug-likeness (QED) is 0.924. The van der Waals surface area contributed by atoms with Gasteiger partial charge in [-0.1, -0.05) is 12.8 Å². The largest absolute Gasteiger partial charge is 0.337 e. The van der Waals surface area contributed by atoms with Gasteiger partial charge in [-0.15, -0.1) is 0 Å². The van der Waals surface area contributed by atoms with Crippen molar-refractivity contribution in [3.05, 3.63) is 35.4 Å². The minimum Gasteiger partial charge on any atom is -0.337 e. The predicted molar refractivity (Wildman–Crippen MR) is 73.6 cm³/mol. The zero-order chi connectivity index (χ0) is 14.7. The van der Waals surface area contributed by atoms with Crippen LogP contribution in [0.15, 0.2) is 18.2 Å². The lowest BCUT2D eigenvalue weighted by Crippen LogP contribution is -2.51. The Labute approximate surface area is 118 Å². The van der Waals surface area contributed by atoms with E-state index < -0.39 is 11.6 Å². The molecule has 1 aromatic rings. The van der Waals surface area contributed by atoms with Crippen molar-refractivity contribution in [1.82, 2.24) is 10.2 Å². The van der Waals surface area contributed by atoms with Crippen LogP contribution in [0.1, 0.15) is 36.0 Å². The summed E-state index contributed by atoms with van der Waals surface area (Å²) in [5.41, 5.74) is 0.187. The molecule has 110 valence electrons. The Morgan fingerprint density at radius 3 is 2.60 bits per heavy atom. The second kappa shape index (κ2) is 6.31. The van der Waals surface area contributed by atoms with Gasteiger partial charge < -0.3 is 10.2 Å². The fraction of sp³-hybridized carbons (Fsp3) is 0.533. The first-order valence-corrected chi connectivity index (χ1v) is 6.94. The molecule has 5 heteroatoms. The summed E-state index contributed by atoms with van der Waals surface area (Å²) in [5, 5.41) is 3.23. The number of likely N-dealkylation sites (N-methyl/N-ethyl adjacent to an activating group) is 2. The van der Waals surface area contributed by atoms with Crippen LogP contribution in [0.4, 0.5) is 8.78 Å². The van der Waals surface area contributed by atoms with Crippen molar-refractivity contribution in [2.24, 2.45) is 0 Å². The van der Waals surface area contributed by atoms with Crippen molar-refractivity contribution in [1.29, 1.82) is 0 Å². The van der Waals surface area contributed by atoms with E-state index in [4.69, 9.17) is 0 Å². The number of carbonyl (C=O) groups is 1. The van der Waals surface area contributed by atoms with E-state index in [2.05, 4.69) is 5.32 Å². The smallest absolute Gasteiger partial charge is 0.254 e. The molecule has 2 unspecified atom stereocenters. The van der Waals surface area contributed by atoms with E-state index in [0.29, 0.717) is 0 Å². The summed E-state index contributed by atoms with van der Waals surface area (Å²) in [7, 11) is 3.61. The molecule has 0 heterocycles. The fourth-order valence-electron chi connectivity index (χ4n) is 2.89. The SMILES string of the molecule is CNC1CCCCC1N(C)C(=O)c1ccc(F)c(F)c1. The standard InChI is InChI=1S/C15H20F2N2O/c1-18-13-5-3-4-6-14(13)19(2)15(20)10-7-8-11(16)12(17)9-10/h7-9,13-14,18H,3-6H2,1-2H3. The molecule has 1 aliphatic carbocycles. The van der Waals surface area contributed by atoms with Crippen molar-refractivity contribution in [3.8, 4) is 0 Å². The molecule has 1 N–H and O–H groups in total. The van der Waals surface area contributed by atoms with Crippen molar-refractivity contribution in [2.45, 2.75) is 37.8 Å². The molecule has 0 radical (unpaired) electrons. The number of nitrogens with zero attached hydrogens (tertiary/aromatic N) is 1. The van der Waals surface area contributed by atoms with Gasteiger partial charge in [0.15, 0.2) is 11.6 Å². The van der Waals surface area contributed by atoms with Crippen LogP contribution in [0.25, 0.3) is 0 Å². The predicted octanol–water partition coefficient (Wildman–Crippen LogP) is 2.57. The van der Waals surface area contributed by atoms with Gasteiger partial charge in [0.1, 0.15) is 0 Å². The van der Waals surface area contributed by atoms with Crippen LogP contribution in [-0.4, -0.2) is 37.0 Å². The fourth-order valence-corrected chi connectivity index (χ4v) is 2.89. The number of hydrogen-bond donors (Lipinski definition) is 1. The Morgan fingerprint density at radius 1 is 1.25 bits per heavy atom. The zero-order valence-electron chi connectivity index (χ0n) is 11.8. The second-order valence-electron chi connectivity index (χ2n) is 5.29. The lowest BCUT2D eigenvalue weighted by atomic mass is 9.89. The van der Waals surface area contributed by atoms with Gasteiger partial charge in [0, 0.05) is 24.7 Å². The third-order valence-electron chi connectivity index (χ3n) is 4.08. The van der Waals surface area contributed by atoms with Gasteiger partial charge in [0.2, 0.25) is 0 Å². The molecule has 3 nitrogen and oxygen atoms in total. The Hall–Kier alpha value is -1.49. The zero-order valence-corrected chi connectivity index (χ0v) is 11.8. The summed E-state index contributed by atoms with van der Waals surface area (Å²) in [6.45, 7) is 0. The van der Waals surface area contributed by atoms with Gasteiger partial charge in [0.05, 0.1) is 0 Å². The number of rotatable bonds is 3. The molecule has 2 rings (SSSR count). The van der Waals surface area contributed by atoms with Crippen LogP contribution in [-0.2, 0) is 0 Å². The molecule has 0 bridgehead atoms. The van der Waals surface area contributed by atoms with E-state index in [-0.39, 0.29) is 23.6 Å². The maximum atomic E-state index is 13.2. The molecule has 0 saturated heterocycles. The van der Waals surface area contributed by atoms with E-state index in [1.54, 1.807) is 11.9 Å². The first-order valence-electron chi connectivity index (χ1n) is 6.94. The third-order valence-corrected chi connectivity index (χ3v) is 4.08. The first kappa shape index (κ1) is 14.9. The third kappa shape index (κ3) is 2.98. The lowest BCUT2D eigenvalue weighted by Gasteiger charge is -2.38. The Kier molecular flexibility index (Phi) is 4.70. The van der Waals surface area contributed by atoms with E-state index in [1.807, 2.05) is 7.05 Å². The average Bonchev–Trinajstić information content (AvgIpc) is 2.48. The minimum atomic E-state index is -0.988. The van der Waals surface area contributed by atoms with E-state index in [9.17, 15) is 13.6 Å². The molecule has 1 aromatic carbocycles. The molecule has 0 spiro atoms. The number of nitrogens with one attached hydrogen (secondary N) is 1. The van der Waals surface area contributed by atoms with Crippen LogP contribution in [0.5, 0.6) is 0 Å². The highest BCUT2D eigenvalue weighted by atomic mass is 19.2. The highest BCUT2D eigenvalue weighted by molar-refractivity contribution is 5.94. The van der Waals surface area contributed by atoms with Crippen LogP contribution < -0.4 is 5.32 Å². The van der Waals surface area contributed by atoms with E-state index in [1.165, 1.54) is 6.07 Å². The normalized spacial score (nSPS) is 22.6.